The minimum atomic E-state index is -2.04. The largest absolute Gasteiger partial charge is 0.507 e. The smallest absolute Gasteiger partial charge is 0.312 e. The van der Waals surface area contributed by atoms with Gasteiger partial charge in [-0.1, -0.05) is 43.7 Å². The van der Waals surface area contributed by atoms with Crippen molar-refractivity contribution in [1.29, 1.82) is 0 Å². The lowest BCUT2D eigenvalue weighted by Gasteiger charge is -2.28. The first-order valence-corrected chi connectivity index (χ1v) is 19.2. The second kappa shape index (κ2) is 16.2. The molecule has 14 nitrogen and oxygen atoms in total. The number of Topliss-reactive ketones (excluding diaryl/α,β-unsaturated/α-hetero) is 2. The molecule has 0 spiro atoms. The lowest BCUT2D eigenvalue weighted by atomic mass is 9.83. The van der Waals surface area contributed by atoms with E-state index in [-0.39, 0.29) is 79.7 Å². The number of allylic oxidation sites excluding steroid dienone is 4. The first-order valence-electron chi connectivity index (χ1n) is 18.1. The van der Waals surface area contributed by atoms with Gasteiger partial charge in [-0.3, -0.25) is 19.2 Å². The predicted octanol–water partition coefficient (Wildman–Crippen LogP) is 6.21. The highest BCUT2D eigenvalue weighted by Gasteiger charge is 2.52. The van der Waals surface area contributed by atoms with Gasteiger partial charge < -0.3 is 44.3 Å². The molecule has 1 saturated heterocycles. The van der Waals surface area contributed by atoms with E-state index in [2.05, 4.69) is 26.2 Å². The third kappa shape index (κ3) is 7.91. The molecule has 0 saturated carbocycles. The van der Waals surface area contributed by atoms with Gasteiger partial charge in [0.15, 0.2) is 0 Å². The number of esters is 1. The molecule has 5 aliphatic rings. The number of methoxy groups -OCH3 is 1. The van der Waals surface area contributed by atoms with Gasteiger partial charge in [0.05, 0.1) is 52.1 Å². The summed E-state index contributed by atoms with van der Waals surface area (Å²) in [6.45, 7) is 9.30. The number of halogens is 2. The Kier molecular flexibility index (Phi) is 11.9. The number of phenols is 2. The number of rotatable bonds is 3. The van der Waals surface area contributed by atoms with E-state index in [9.17, 15) is 34.5 Å². The maximum Gasteiger partial charge on any atom is 0.312 e. The first kappa shape index (κ1) is 41.8. The molecule has 16 heteroatoms. The highest BCUT2D eigenvalue weighted by molar-refractivity contribution is 9.10. The molecule has 2 aromatic carbocycles. The molecule has 4 aliphatic heterocycles. The second-order valence-electron chi connectivity index (χ2n) is 14.5. The number of ether oxygens (including phenoxy) is 5. The van der Waals surface area contributed by atoms with Crippen LogP contribution in [-0.4, -0.2) is 87.9 Å². The fourth-order valence-corrected chi connectivity index (χ4v) is 7.80. The number of aliphatic imine (C=N–C) groups is 1. The SMILES string of the molecule is CO[C@H]1/C=C/O[C@@]2(C)Oc3c(C)c(O)c4c(c3C2=O)C(=Nc2cc(Cl)c(Br)cc2O)C=C(NC(=O)/C(C)=C\C=C\[C@H](C)[C@@H]2O[C@H]([C@H](O)[C@@H]2C)[C@H](OC(C)=O)C1)C4=O. The van der Waals surface area contributed by atoms with E-state index in [4.69, 9.17) is 35.3 Å². The van der Waals surface area contributed by atoms with Crippen LogP contribution in [0.2, 0.25) is 5.02 Å². The predicted molar refractivity (Wildman–Crippen MR) is 211 cm³/mol. The molecule has 302 valence electrons. The number of hydrogen-bond donors (Lipinski definition) is 4. The Labute approximate surface area is 342 Å². The number of nitrogens with one attached hydrogen (secondary N) is 1. The minimum absolute atomic E-state index is 0.0358. The van der Waals surface area contributed by atoms with Crippen LogP contribution >= 0.6 is 27.5 Å². The van der Waals surface area contributed by atoms with Gasteiger partial charge in [0.1, 0.15) is 35.1 Å². The molecule has 4 heterocycles. The van der Waals surface area contributed by atoms with Gasteiger partial charge >= 0.3 is 11.8 Å². The van der Waals surface area contributed by atoms with E-state index in [0.29, 0.717) is 4.47 Å². The van der Waals surface area contributed by atoms with Crippen molar-refractivity contribution in [2.24, 2.45) is 16.8 Å². The minimum Gasteiger partial charge on any atom is -0.507 e. The van der Waals surface area contributed by atoms with Crippen molar-refractivity contribution in [3.8, 4) is 17.2 Å². The van der Waals surface area contributed by atoms with Gasteiger partial charge in [-0.25, -0.2) is 4.99 Å². The normalized spacial score (nSPS) is 31.6. The zero-order chi connectivity index (χ0) is 41.7. The third-order valence-electron chi connectivity index (χ3n) is 10.5. The monoisotopic (exact) mass is 868 g/mol. The maximum atomic E-state index is 14.4. The number of aromatic hydroxyl groups is 2. The van der Waals surface area contributed by atoms with Crippen LogP contribution in [0.3, 0.4) is 0 Å². The Morgan fingerprint density at radius 2 is 1.81 bits per heavy atom. The molecule has 0 unspecified atom stereocenters. The van der Waals surface area contributed by atoms with Crippen molar-refractivity contribution in [1.82, 2.24) is 5.32 Å². The average Bonchev–Trinajstić information content (AvgIpc) is 3.59. The van der Waals surface area contributed by atoms with Crippen molar-refractivity contribution >= 4 is 62.4 Å². The van der Waals surface area contributed by atoms with Crippen LogP contribution in [0.15, 0.2) is 69.5 Å². The summed E-state index contributed by atoms with van der Waals surface area (Å²) in [6.07, 6.45) is 4.80. The van der Waals surface area contributed by atoms with Crippen LogP contribution in [0.1, 0.15) is 72.9 Å². The number of amides is 1. The number of nitrogens with zero attached hydrogens (tertiary/aromatic N) is 1. The number of aliphatic hydroxyl groups is 1. The van der Waals surface area contributed by atoms with Gasteiger partial charge in [-0.05, 0) is 54.1 Å². The average molecular weight is 870 g/mol. The number of hydrogen-bond acceptors (Lipinski definition) is 13. The summed E-state index contributed by atoms with van der Waals surface area (Å²) in [5.74, 6) is -6.43. The van der Waals surface area contributed by atoms with Crippen LogP contribution in [0.5, 0.6) is 17.2 Å². The van der Waals surface area contributed by atoms with Gasteiger partial charge in [-0.2, -0.15) is 0 Å². The molecule has 8 atom stereocenters. The van der Waals surface area contributed by atoms with Crippen LogP contribution in [-0.2, 0) is 28.5 Å². The van der Waals surface area contributed by atoms with Crippen molar-refractivity contribution in [2.45, 2.75) is 84.3 Å². The Bertz CT molecular complexity index is 2210. The number of fused-ring (bicyclic) bond motifs is 9. The van der Waals surface area contributed by atoms with E-state index in [1.807, 2.05) is 13.8 Å². The van der Waals surface area contributed by atoms with Crippen molar-refractivity contribution in [3.63, 3.8) is 0 Å². The fourth-order valence-electron chi connectivity index (χ4n) is 7.31. The molecule has 2 aromatic rings. The quantitative estimate of drug-likeness (QED) is 0.255. The van der Waals surface area contributed by atoms with E-state index >= 15 is 0 Å². The Balaban J connectivity index is 1.51. The van der Waals surface area contributed by atoms with Gasteiger partial charge in [0, 0.05) is 60.4 Å². The zero-order valence-corrected chi connectivity index (χ0v) is 34.4. The molecule has 0 aromatic heterocycles. The molecule has 57 heavy (non-hydrogen) atoms. The summed E-state index contributed by atoms with van der Waals surface area (Å²) in [7, 11) is 1.43. The number of phenolic OH excluding ortho intramolecular Hbond substituents is 2. The summed E-state index contributed by atoms with van der Waals surface area (Å²) >= 11 is 9.60. The van der Waals surface area contributed by atoms with Gasteiger partial charge in [-0.15, -0.1) is 0 Å². The van der Waals surface area contributed by atoms with Gasteiger partial charge in [0.2, 0.25) is 5.78 Å². The molecular formula is C41H42BrClN2O12. The summed E-state index contributed by atoms with van der Waals surface area (Å²) in [5.41, 5.74) is -0.782. The first-order chi connectivity index (χ1) is 26.9. The van der Waals surface area contributed by atoms with Crippen molar-refractivity contribution in [2.75, 3.05) is 7.11 Å². The van der Waals surface area contributed by atoms with E-state index < -0.39 is 65.5 Å². The molecule has 7 bridgehead atoms. The molecule has 1 fully saturated rings. The van der Waals surface area contributed by atoms with Crippen molar-refractivity contribution in [3.05, 3.63) is 91.8 Å². The summed E-state index contributed by atoms with van der Waals surface area (Å²) in [4.78, 5) is 59.1. The Morgan fingerprint density at radius 1 is 1.09 bits per heavy atom. The van der Waals surface area contributed by atoms with Crippen LogP contribution < -0.4 is 10.1 Å². The molecule has 0 radical (unpaired) electrons. The lowest BCUT2D eigenvalue weighted by Crippen LogP contribution is -2.41. The number of carbonyl (C=O) groups excluding carboxylic acids is 4. The van der Waals surface area contributed by atoms with Crippen LogP contribution in [0, 0.1) is 18.8 Å². The fraction of sp³-hybridized carbons (Fsp3) is 0.390. The number of benzene rings is 2. The zero-order valence-electron chi connectivity index (χ0n) is 32.1. The number of ketones is 2. The van der Waals surface area contributed by atoms with E-state index in [0.717, 1.165) is 0 Å². The maximum absolute atomic E-state index is 14.4. The van der Waals surface area contributed by atoms with E-state index in [1.54, 1.807) is 12.2 Å². The second-order valence-corrected chi connectivity index (χ2v) is 15.8. The molecular weight excluding hydrogens is 828 g/mol. The van der Waals surface area contributed by atoms with Crippen LogP contribution in [0.25, 0.3) is 0 Å². The van der Waals surface area contributed by atoms with Gasteiger partial charge in [0.25, 0.3) is 11.7 Å². The molecule has 1 amide bonds. The van der Waals surface area contributed by atoms with Crippen molar-refractivity contribution < 1.29 is 58.2 Å². The lowest BCUT2D eigenvalue weighted by molar-refractivity contribution is -0.161. The highest BCUT2D eigenvalue weighted by Crippen LogP contribution is 2.49. The Hall–Kier alpha value is -4.80. The summed E-state index contributed by atoms with van der Waals surface area (Å²) < 4.78 is 30.1. The topological polar surface area (TPSA) is 200 Å². The number of aliphatic hydroxyl groups excluding tert-OH is 1. The summed E-state index contributed by atoms with van der Waals surface area (Å²) in [5, 5.41) is 36.5. The molecule has 4 N–H and O–H groups in total. The molecule has 7 rings (SSSR count). The number of carbonyl (C=O) groups is 4. The summed E-state index contributed by atoms with van der Waals surface area (Å²) in [6, 6.07) is 2.67. The standard InChI is InChI=1S/C41H42BrClN2O12/c1-17-9-8-10-18(2)40(52)45-27-16-26(44-25-15-24(43)23(42)14-28(25)47)30-31(35(27)50)33(48)19(3)37-32(30)39(51)41(6,57-37)54-12-11-22(53-7)13-29(55-21(5)46)38-34(49)20(4)36(17)56-38/h8-12,14-17,20,22,29,34,36,38,47-49H,13H2,1-7H3,(H,45,52)/b9-8+,12-11+,18-10-,44-26?/t17-,20-,22-,29+,34+,36-,38-,41-/m0/s1. The van der Waals surface area contributed by atoms with E-state index in [1.165, 1.54) is 71.4 Å². The molecule has 1 aliphatic carbocycles. The highest BCUT2D eigenvalue weighted by atomic mass is 79.9. The van der Waals surface area contributed by atoms with Crippen LogP contribution in [0.4, 0.5) is 5.69 Å². The third-order valence-corrected chi connectivity index (χ3v) is 11.7. The Morgan fingerprint density at radius 3 is 2.49 bits per heavy atom.